The topological polar surface area (TPSA) is 3.24 Å². The zero-order valence-electron chi connectivity index (χ0n) is 9.12. The second kappa shape index (κ2) is 6.85. The molecule has 1 rings (SSSR count). The van der Waals surface area contributed by atoms with Crippen LogP contribution in [0.4, 0.5) is 4.39 Å². The molecule has 0 N–H and O–H groups in total. The lowest BCUT2D eigenvalue weighted by Crippen LogP contribution is -2.19. The normalized spacial score (nSPS) is 10.9. The van der Waals surface area contributed by atoms with Gasteiger partial charge in [0.25, 0.3) is 0 Å². The number of rotatable bonds is 6. The van der Waals surface area contributed by atoms with Crippen molar-refractivity contribution in [3.8, 4) is 0 Å². The average molecular weight is 227 g/mol. The van der Waals surface area contributed by atoms with Crippen molar-refractivity contribution in [2.75, 3.05) is 19.3 Å². The van der Waals surface area contributed by atoms with E-state index in [9.17, 15) is 4.39 Å². The molecule has 1 aromatic carbocycles. The van der Waals surface area contributed by atoms with Crippen molar-refractivity contribution in [2.45, 2.75) is 19.4 Å². The van der Waals surface area contributed by atoms with Crippen molar-refractivity contribution in [2.24, 2.45) is 0 Å². The van der Waals surface area contributed by atoms with Gasteiger partial charge < -0.3 is 4.90 Å². The number of thiol groups is 1. The molecule has 0 radical (unpaired) electrons. The second-order valence-corrected chi connectivity index (χ2v) is 4.25. The number of benzene rings is 1. The average Bonchev–Trinajstić information content (AvgIpc) is 2.18. The number of nitrogens with zero attached hydrogens (tertiary/aromatic N) is 1. The van der Waals surface area contributed by atoms with E-state index in [0.717, 1.165) is 37.2 Å². The van der Waals surface area contributed by atoms with Gasteiger partial charge in [-0.05, 0) is 49.9 Å². The van der Waals surface area contributed by atoms with E-state index in [-0.39, 0.29) is 5.82 Å². The minimum atomic E-state index is -0.156. The molecule has 0 heterocycles. The van der Waals surface area contributed by atoms with Gasteiger partial charge in [0, 0.05) is 6.54 Å². The highest BCUT2D eigenvalue weighted by Gasteiger charge is 2.00. The molecular weight excluding hydrogens is 209 g/mol. The maximum Gasteiger partial charge on any atom is 0.123 e. The van der Waals surface area contributed by atoms with E-state index in [1.165, 1.54) is 6.07 Å². The van der Waals surface area contributed by atoms with Crippen LogP contribution in [0, 0.1) is 5.82 Å². The first-order valence-electron chi connectivity index (χ1n) is 5.26. The molecule has 0 aliphatic carbocycles. The van der Waals surface area contributed by atoms with E-state index in [0.29, 0.717) is 0 Å². The van der Waals surface area contributed by atoms with Crippen molar-refractivity contribution in [1.29, 1.82) is 0 Å². The van der Waals surface area contributed by atoms with Crippen LogP contribution < -0.4 is 0 Å². The Hall–Kier alpha value is -0.540. The summed E-state index contributed by atoms with van der Waals surface area (Å²) in [5.41, 5.74) is 1.03. The highest BCUT2D eigenvalue weighted by atomic mass is 32.1. The number of unbranched alkanes of at least 4 members (excludes halogenated alkanes) is 1. The van der Waals surface area contributed by atoms with E-state index >= 15 is 0 Å². The molecule has 0 fully saturated rings. The summed E-state index contributed by atoms with van der Waals surface area (Å²) in [4.78, 5) is 2.21. The second-order valence-electron chi connectivity index (χ2n) is 3.80. The van der Waals surface area contributed by atoms with Gasteiger partial charge in [0.1, 0.15) is 5.82 Å². The van der Waals surface area contributed by atoms with E-state index in [1.807, 2.05) is 6.07 Å². The standard InChI is InChI=1S/C12H18FNS/c1-14(7-2-3-8-15)10-11-5-4-6-12(13)9-11/h4-6,9,15H,2-3,7-8,10H2,1H3. The Bertz CT molecular complexity index is 291. The van der Waals surface area contributed by atoms with Gasteiger partial charge in [-0.3, -0.25) is 0 Å². The summed E-state index contributed by atoms with van der Waals surface area (Å²) in [6, 6.07) is 6.78. The first-order chi connectivity index (χ1) is 7.22. The van der Waals surface area contributed by atoms with Crippen molar-refractivity contribution in [3.63, 3.8) is 0 Å². The highest BCUT2D eigenvalue weighted by molar-refractivity contribution is 7.80. The van der Waals surface area contributed by atoms with Crippen molar-refractivity contribution < 1.29 is 4.39 Å². The smallest absolute Gasteiger partial charge is 0.123 e. The minimum absolute atomic E-state index is 0.156. The van der Waals surface area contributed by atoms with Gasteiger partial charge in [-0.15, -0.1) is 0 Å². The Labute approximate surface area is 96.7 Å². The van der Waals surface area contributed by atoms with Crippen LogP contribution in [0.3, 0.4) is 0 Å². The quantitative estimate of drug-likeness (QED) is 0.577. The van der Waals surface area contributed by atoms with Crippen molar-refractivity contribution in [3.05, 3.63) is 35.6 Å². The van der Waals surface area contributed by atoms with Crippen molar-refractivity contribution >= 4 is 12.6 Å². The van der Waals surface area contributed by atoms with Crippen LogP contribution in [0.15, 0.2) is 24.3 Å². The van der Waals surface area contributed by atoms with Crippen LogP contribution in [0.1, 0.15) is 18.4 Å². The Balaban J connectivity index is 2.34. The van der Waals surface area contributed by atoms with Gasteiger partial charge in [-0.2, -0.15) is 12.6 Å². The third kappa shape index (κ3) is 5.19. The molecule has 0 saturated heterocycles. The lowest BCUT2D eigenvalue weighted by Gasteiger charge is -2.16. The summed E-state index contributed by atoms with van der Waals surface area (Å²) in [5.74, 6) is 0.782. The van der Waals surface area contributed by atoms with Gasteiger partial charge in [-0.1, -0.05) is 12.1 Å². The summed E-state index contributed by atoms with van der Waals surface area (Å²) in [5, 5.41) is 0. The molecule has 84 valence electrons. The zero-order chi connectivity index (χ0) is 11.1. The van der Waals surface area contributed by atoms with Crippen LogP contribution in [0.25, 0.3) is 0 Å². The van der Waals surface area contributed by atoms with Crippen LogP contribution in [-0.2, 0) is 6.54 Å². The number of hydrogen-bond acceptors (Lipinski definition) is 2. The van der Waals surface area contributed by atoms with Gasteiger partial charge in [0.15, 0.2) is 0 Å². The largest absolute Gasteiger partial charge is 0.302 e. The maximum atomic E-state index is 12.9. The fraction of sp³-hybridized carbons (Fsp3) is 0.500. The molecular formula is C12H18FNS. The lowest BCUT2D eigenvalue weighted by molar-refractivity contribution is 0.321. The van der Waals surface area contributed by atoms with Gasteiger partial charge >= 0.3 is 0 Å². The zero-order valence-corrected chi connectivity index (χ0v) is 10.0. The predicted molar refractivity (Wildman–Crippen MR) is 65.8 cm³/mol. The predicted octanol–water partition coefficient (Wildman–Crippen LogP) is 2.97. The van der Waals surface area contributed by atoms with E-state index < -0.39 is 0 Å². The van der Waals surface area contributed by atoms with Crippen LogP contribution >= 0.6 is 12.6 Å². The number of hydrogen-bond donors (Lipinski definition) is 1. The van der Waals surface area contributed by atoms with E-state index in [4.69, 9.17) is 0 Å². The Kier molecular flexibility index (Phi) is 5.73. The summed E-state index contributed by atoms with van der Waals surface area (Å²) < 4.78 is 12.9. The van der Waals surface area contributed by atoms with Crippen molar-refractivity contribution in [1.82, 2.24) is 4.90 Å². The monoisotopic (exact) mass is 227 g/mol. The molecule has 1 nitrogen and oxygen atoms in total. The van der Waals surface area contributed by atoms with Crippen LogP contribution in [0.2, 0.25) is 0 Å². The minimum Gasteiger partial charge on any atom is -0.302 e. The summed E-state index contributed by atoms with van der Waals surface area (Å²) >= 11 is 4.17. The molecule has 0 bridgehead atoms. The van der Waals surface area contributed by atoms with E-state index in [2.05, 4.69) is 24.6 Å². The molecule has 0 spiro atoms. The fourth-order valence-corrected chi connectivity index (χ4v) is 1.74. The highest BCUT2D eigenvalue weighted by Crippen LogP contribution is 2.06. The Morgan fingerprint density at radius 3 is 2.80 bits per heavy atom. The first-order valence-corrected chi connectivity index (χ1v) is 5.89. The molecule has 0 aliphatic heterocycles. The van der Waals surface area contributed by atoms with E-state index in [1.54, 1.807) is 12.1 Å². The van der Waals surface area contributed by atoms with Gasteiger partial charge in [-0.25, -0.2) is 4.39 Å². The Morgan fingerprint density at radius 1 is 1.33 bits per heavy atom. The Morgan fingerprint density at radius 2 is 2.13 bits per heavy atom. The molecule has 0 amide bonds. The molecule has 1 aromatic rings. The third-order valence-electron chi connectivity index (χ3n) is 2.29. The first kappa shape index (κ1) is 12.5. The lowest BCUT2D eigenvalue weighted by atomic mass is 10.2. The molecule has 0 unspecified atom stereocenters. The molecule has 15 heavy (non-hydrogen) atoms. The number of halogens is 1. The summed E-state index contributed by atoms with van der Waals surface area (Å²) in [6.07, 6.45) is 2.28. The summed E-state index contributed by atoms with van der Waals surface area (Å²) in [6.45, 7) is 1.85. The molecule has 3 heteroatoms. The maximum absolute atomic E-state index is 12.9. The molecule has 0 aromatic heterocycles. The third-order valence-corrected chi connectivity index (χ3v) is 2.61. The molecule has 0 saturated carbocycles. The van der Waals surface area contributed by atoms with Gasteiger partial charge in [0.2, 0.25) is 0 Å². The fourth-order valence-electron chi connectivity index (χ4n) is 1.52. The van der Waals surface area contributed by atoms with Gasteiger partial charge in [0.05, 0.1) is 0 Å². The summed E-state index contributed by atoms with van der Waals surface area (Å²) in [7, 11) is 2.06. The van der Waals surface area contributed by atoms with Crippen LogP contribution in [0.5, 0.6) is 0 Å². The molecule has 0 atom stereocenters. The SMILES string of the molecule is CN(CCCCS)Cc1cccc(F)c1. The molecule has 0 aliphatic rings. The van der Waals surface area contributed by atoms with Crippen LogP contribution in [-0.4, -0.2) is 24.2 Å².